The predicted octanol–water partition coefficient (Wildman–Crippen LogP) is 2.54. The molecule has 1 aromatic carbocycles. The number of para-hydroxylation sites is 2. The molecule has 3 heterocycles. The van der Waals surface area contributed by atoms with Gasteiger partial charge in [-0.25, -0.2) is 9.66 Å². The second-order valence-electron chi connectivity index (χ2n) is 4.20. The van der Waals surface area contributed by atoms with Crippen LogP contribution in [0.25, 0.3) is 22.7 Å². The summed E-state index contributed by atoms with van der Waals surface area (Å²) in [6, 6.07) is 11.1. The van der Waals surface area contributed by atoms with Crippen LogP contribution in [-0.4, -0.2) is 19.9 Å². The molecule has 104 valence electrons. The third kappa shape index (κ3) is 2.05. The fourth-order valence-corrected chi connectivity index (χ4v) is 2.59. The van der Waals surface area contributed by atoms with Crippen molar-refractivity contribution in [2.45, 2.75) is 10.4 Å². The van der Waals surface area contributed by atoms with E-state index in [2.05, 4.69) is 15.2 Å². The molecule has 0 saturated carbocycles. The molecule has 21 heavy (non-hydrogen) atoms. The van der Waals surface area contributed by atoms with Crippen molar-refractivity contribution in [3.8, 4) is 11.6 Å². The number of aromatic nitrogens is 4. The molecule has 0 radical (unpaired) electrons. The molecular weight excluding hydrogens is 290 g/mol. The summed E-state index contributed by atoms with van der Waals surface area (Å²) in [4.78, 5) is 4.36. The van der Waals surface area contributed by atoms with Crippen molar-refractivity contribution in [1.29, 1.82) is 0 Å². The Hall–Kier alpha value is -2.74. The van der Waals surface area contributed by atoms with Crippen molar-refractivity contribution in [3.05, 3.63) is 42.7 Å². The molecule has 7 nitrogen and oxygen atoms in total. The molecule has 0 saturated heterocycles. The van der Waals surface area contributed by atoms with Gasteiger partial charge in [-0.3, -0.25) is 0 Å². The molecule has 0 aliphatic rings. The molecule has 0 spiro atoms. The van der Waals surface area contributed by atoms with E-state index in [1.807, 2.05) is 24.3 Å². The van der Waals surface area contributed by atoms with Gasteiger partial charge in [0.15, 0.2) is 11.3 Å². The number of furan rings is 1. The van der Waals surface area contributed by atoms with E-state index in [9.17, 15) is 0 Å². The van der Waals surface area contributed by atoms with Gasteiger partial charge in [0.25, 0.3) is 5.22 Å². The molecule has 0 unspecified atom stereocenters. The maximum atomic E-state index is 5.98. The Morgan fingerprint density at radius 3 is 2.81 bits per heavy atom. The topological polar surface area (TPSA) is 95.9 Å². The lowest BCUT2D eigenvalue weighted by Gasteiger charge is -1.98. The molecule has 3 aromatic heterocycles. The summed E-state index contributed by atoms with van der Waals surface area (Å²) in [6.07, 6.45) is 1.55. The van der Waals surface area contributed by atoms with Crippen LogP contribution in [0.4, 0.5) is 0 Å². The van der Waals surface area contributed by atoms with Gasteiger partial charge >= 0.3 is 0 Å². The van der Waals surface area contributed by atoms with Crippen LogP contribution in [0.1, 0.15) is 0 Å². The van der Waals surface area contributed by atoms with Crippen molar-refractivity contribution in [2.75, 3.05) is 5.84 Å². The zero-order valence-electron chi connectivity index (χ0n) is 10.6. The average molecular weight is 299 g/mol. The van der Waals surface area contributed by atoms with Crippen LogP contribution >= 0.6 is 11.8 Å². The molecule has 4 rings (SSSR count). The lowest BCUT2D eigenvalue weighted by molar-refractivity contribution is 0.488. The normalized spacial score (nSPS) is 11.2. The molecule has 0 aliphatic carbocycles. The van der Waals surface area contributed by atoms with Gasteiger partial charge in [-0.2, -0.15) is 0 Å². The number of oxazole rings is 1. The Morgan fingerprint density at radius 1 is 1.10 bits per heavy atom. The van der Waals surface area contributed by atoms with Gasteiger partial charge in [0, 0.05) is 11.8 Å². The van der Waals surface area contributed by atoms with E-state index in [1.54, 1.807) is 18.4 Å². The fraction of sp³-hybridized carbons (Fsp3) is 0. The Morgan fingerprint density at radius 2 is 2.00 bits per heavy atom. The Labute approximate surface area is 122 Å². The van der Waals surface area contributed by atoms with Gasteiger partial charge in [0.05, 0.1) is 6.26 Å². The van der Waals surface area contributed by atoms with E-state index < -0.39 is 0 Å². The van der Waals surface area contributed by atoms with Gasteiger partial charge in [-0.1, -0.05) is 12.1 Å². The second-order valence-corrected chi connectivity index (χ2v) is 5.12. The zero-order valence-corrected chi connectivity index (χ0v) is 11.4. The number of nitrogens with zero attached hydrogens (tertiary/aromatic N) is 4. The van der Waals surface area contributed by atoms with Crippen LogP contribution < -0.4 is 5.84 Å². The first kappa shape index (κ1) is 12.0. The summed E-state index contributed by atoms with van der Waals surface area (Å²) in [5.74, 6) is 6.97. The number of rotatable bonds is 3. The molecule has 0 aliphatic heterocycles. The lowest BCUT2D eigenvalue weighted by atomic mass is 10.3. The number of hydrogen-bond acceptors (Lipinski definition) is 7. The summed E-state index contributed by atoms with van der Waals surface area (Å²) in [5, 5.41) is 8.97. The predicted molar refractivity (Wildman–Crippen MR) is 76.0 cm³/mol. The highest BCUT2D eigenvalue weighted by atomic mass is 32.2. The van der Waals surface area contributed by atoms with Crippen LogP contribution in [0.5, 0.6) is 0 Å². The largest absolute Gasteiger partial charge is 0.461 e. The Bertz CT molecular complexity index is 863. The van der Waals surface area contributed by atoms with E-state index in [4.69, 9.17) is 14.7 Å². The Balaban J connectivity index is 1.68. The number of hydrogen-bond donors (Lipinski definition) is 1. The van der Waals surface area contributed by atoms with Crippen LogP contribution in [-0.2, 0) is 0 Å². The minimum atomic E-state index is 0.443. The van der Waals surface area contributed by atoms with Gasteiger partial charge in [0.2, 0.25) is 11.0 Å². The Kier molecular flexibility index (Phi) is 2.68. The standard InChI is InChI=1S/C13H9N5O2S/c14-18-11(10-6-3-7-19-10)16-17-12(18)21-13-15-8-4-1-2-5-9(8)20-13/h1-7H,14H2. The molecule has 2 N–H and O–H groups in total. The van der Waals surface area contributed by atoms with Crippen LogP contribution in [0.3, 0.4) is 0 Å². The summed E-state index contributed by atoms with van der Waals surface area (Å²) in [6.45, 7) is 0. The fourth-order valence-electron chi connectivity index (χ4n) is 1.89. The quantitative estimate of drug-likeness (QED) is 0.581. The summed E-state index contributed by atoms with van der Waals surface area (Å²) < 4.78 is 12.2. The van der Waals surface area contributed by atoms with Crippen molar-refractivity contribution < 1.29 is 8.83 Å². The number of fused-ring (bicyclic) bond motifs is 1. The number of nitrogen functional groups attached to an aromatic ring is 1. The number of nitrogens with two attached hydrogens (primary N) is 1. The highest BCUT2D eigenvalue weighted by Gasteiger charge is 2.17. The summed E-state index contributed by atoms with van der Waals surface area (Å²) in [7, 11) is 0. The number of benzene rings is 1. The summed E-state index contributed by atoms with van der Waals surface area (Å²) in [5.41, 5.74) is 1.50. The van der Waals surface area contributed by atoms with Gasteiger partial charge in [0.1, 0.15) is 5.52 Å². The second kappa shape index (κ2) is 4.67. The zero-order chi connectivity index (χ0) is 14.2. The first-order valence-corrected chi connectivity index (χ1v) is 6.91. The first-order valence-electron chi connectivity index (χ1n) is 6.09. The van der Waals surface area contributed by atoms with E-state index in [0.29, 0.717) is 27.5 Å². The maximum absolute atomic E-state index is 5.98. The van der Waals surface area contributed by atoms with Crippen molar-refractivity contribution >= 4 is 22.9 Å². The molecule has 0 amide bonds. The van der Waals surface area contributed by atoms with Crippen molar-refractivity contribution in [1.82, 2.24) is 19.9 Å². The molecule has 8 heteroatoms. The SMILES string of the molecule is Nn1c(Sc2nc3ccccc3o2)nnc1-c1ccco1. The summed E-state index contributed by atoms with van der Waals surface area (Å²) >= 11 is 1.20. The lowest BCUT2D eigenvalue weighted by Crippen LogP contribution is -2.11. The van der Waals surface area contributed by atoms with Gasteiger partial charge in [-0.15, -0.1) is 10.2 Å². The first-order chi connectivity index (χ1) is 10.3. The third-order valence-electron chi connectivity index (χ3n) is 2.86. The minimum absolute atomic E-state index is 0.443. The van der Waals surface area contributed by atoms with Crippen LogP contribution in [0, 0.1) is 0 Å². The monoisotopic (exact) mass is 299 g/mol. The molecule has 0 atom stereocenters. The minimum Gasteiger partial charge on any atom is -0.461 e. The molecule has 4 aromatic rings. The highest BCUT2D eigenvalue weighted by Crippen LogP contribution is 2.29. The molecular formula is C13H9N5O2S. The smallest absolute Gasteiger partial charge is 0.264 e. The molecule has 0 bridgehead atoms. The van der Waals surface area contributed by atoms with Crippen molar-refractivity contribution in [3.63, 3.8) is 0 Å². The van der Waals surface area contributed by atoms with E-state index in [1.165, 1.54) is 16.4 Å². The van der Waals surface area contributed by atoms with Crippen LogP contribution in [0.2, 0.25) is 0 Å². The van der Waals surface area contributed by atoms with Crippen LogP contribution in [0.15, 0.2) is 61.9 Å². The van der Waals surface area contributed by atoms with E-state index in [-0.39, 0.29) is 0 Å². The van der Waals surface area contributed by atoms with Crippen molar-refractivity contribution in [2.24, 2.45) is 0 Å². The van der Waals surface area contributed by atoms with Gasteiger partial charge < -0.3 is 14.7 Å². The average Bonchev–Trinajstić information content (AvgIpc) is 3.19. The molecule has 0 fully saturated rings. The van der Waals surface area contributed by atoms with E-state index >= 15 is 0 Å². The maximum Gasteiger partial charge on any atom is 0.264 e. The van der Waals surface area contributed by atoms with E-state index in [0.717, 1.165) is 5.52 Å². The van der Waals surface area contributed by atoms with Gasteiger partial charge in [-0.05, 0) is 24.3 Å². The highest BCUT2D eigenvalue weighted by molar-refractivity contribution is 7.99. The third-order valence-corrected chi connectivity index (χ3v) is 3.67.